The van der Waals surface area contributed by atoms with Crippen LogP contribution in [0.1, 0.15) is 27.3 Å². The zero-order valence-electron chi connectivity index (χ0n) is 19.4. The summed E-state index contributed by atoms with van der Waals surface area (Å²) < 4.78 is 29.4. The SMILES string of the molecule is O=C(NS(=O)(=O)c1ccccc1)c1ccc2c(c1)nc(Cc1ccccc1)n2Cc1ccc(Cl)cc1Cl. The number of carbonyl (C=O) groups excluding carboxylic acids is 1. The predicted octanol–water partition coefficient (Wildman–Crippen LogP) is 6.10. The molecular weight excluding hydrogens is 529 g/mol. The first-order valence-corrected chi connectivity index (χ1v) is 13.6. The van der Waals surface area contributed by atoms with Crippen LogP contribution in [-0.4, -0.2) is 23.9 Å². The Morgan fingerprint density at radius 2 is 1.57 bits per heavy atom. The number of sulfonamides is 1. The molecule has 1 aromatic heterocycles. The van der Waals surface area contributed by atoms with E-state index < -0.39 is 15.9 Å². The van der Waals surface area contributed by atoms with E-state index in [1.54, 1.807) is 48.5 Å². The number of halogens is 2. The van der Waals surface area contributed by atoms with Gasteiger partial charge in [0.05, 0.1) is 22.5 Å². The smallest absolute Gasteiger partial charge is 0.265 e. The molecule has 1 amide bonds. The molecule has 0 spiro atoms. The lowest BCUT2D eigenvalue weighted by atomic mass is 10.1. The molecule has 5 rings (SSSR count). The maximum Gasteiger partial charge on any atom is 0.265 e. The van der Waals surface area contributed by atoms with Crippen LogP contribution in [0.3, 0.4) is 0 Å². The molecule has 1 heterocycles. The number of rotatable bonds is 7. The number of benzene rings is 4. The molecule has 0 aliphatic rings. The maximum atomic E-state index is 12.9. The second-order valence-corrected chi connectivity index (χ2v) is 11.0. The van der Waals surface area contributed by atoms with Gasteiger partial charge in [-0.3, -0.25) is 4.79 Å². The number of hydrogen-bond donors (Lipinski definition) is 1. The summed E-state index contributed by atoms with van der Waals surface area (Å²) in [4.78, 5) is 17.7. The van der Waals surface area contributed by atoms with Gasteiger partial charge in [-0.15, -0.1) is 0 Å². The van der Waals surface area contributed by atoms with Crippen molar-refractivity contribution in [2.45, 2.75) is 17.9 Å². The van der Waals surface area contributed by atoms with Gasteiger partial charge in [-0.1, -0.05) is 77.8 Å². The van der Waals surface area contributed by atoms with E-state index in [1.807, 2.05) is 41.0 Å². The second kappa shape index (κ2) is 10.4. The number of hydrogen-bond acceptors (Lipinski definition) is 4. The molecule has 37 heavy (non-hydrogen) atoms. The first-order chi connectivity index (χ1) is 17.8. The normalized spacial score (nSPS) is 11.5. The minimum absolute atomic E-state index is 0.0127. The number of fused-ring (bicyclic) bond motifs is 1. The number of imidazole rings is 1. The predicted molar refractivity (Wildman–Crippen MR) is 146 cm³/mol. The van der Waals surface area contributed by atoms with Gasteiger partial charge < -0.3 is 4.57 Å². The van der Waals surface area contributed by atoms with Gasteiger partial charge in [-0.25, -0.2) is 18.1 Å². The van der Waals surface area contributed by atoms with Crippen molar-refractivity contribution in [3.8, 4) is 0 Å². The van der Waals surface area contributed by atoms with Crippen LogP contribution >= 0.6 is 23.2 Å². The highest BCUT2D eigenvalue weighted by Gasteiger charge is 2.20. The molecule has 0 radical (unpaired) electrons. The molecule has 6 nitrogen and oxygen atoms in total. The third kappa shape index (κ3) is 5.54. The molecule has 186 valence electrons. The van der Waals surface area contributed by atoms with Crippen molar-refractivity contribution in [1.82, 2.24) is 14.3 Å². The molecule has 1 N–H and O–H groups in total. The topological polar surface area (TPSA) is 81.1 Å². The Labute approximate surface area is 224 Å². The van der Waals surface area contributed by atoms with Crippen molar-refractivity contribution in [2.75, 3.05) is 0 Å². The van der Waals surface area contributed by atoms with Crippen molar-refractivity contribution in [3.63, 3.8) is 0 Å². The summed E-state index contributed by atoms with van der Waals surface area (Å²) in [6.45, 7) is 0.447. The van der Waals surface area contributed by atoms with Gasteiger partial charge in [0.1, 0.15) is 5.82 Å². The lowest BCUT2D eigenvalue weighted by Gasteiger charge is -2.12. The standard InChI is InChI=1S/C28H21Cl2N3O3S/c29-22-13-11-21(24(30)17-22)18-33-26-14-12-20(28(34)32-37(35,36)23-9-5-2-6-10-23)16-25(26)31-27(33)15-19-7-3-1-4-8-19/h1-14,16-17H,15,18H2,(H,32,34). The van der Waals surface area contributed by atoms with Crippen molar-refractivity contribution in [3.05, 3.63) is 130 Å². The van der Waals surface area contributed by atoms with Gasteiger partial charge in [0.25, 0.3) is 15.9 Å². The number of amides is 1. The zero-order valence-corrected chi connectivity index (χ0v) is 21.8. The lowest BCUT2D eigenvalue weighted by Crippen LogP contribution is -2.30. The summed E-state index contributed by atoms with van der Waals surface area (Å²) in [5, 5.41) is 1.09. The molecule has 0 atom stereocenters. The molecule has 0 saturated heterocycles. The summed E-state index contributed by atoms with van der Waals surface area (Å²) >= 11 is 12.5. The Kier molecular flexibility index (Phi) is 7.02. The Bertz CT molecular complexity index is 1700. The van der Waals surface area contributed by atoms with Gasteiger partial charge in [0.15, 0.2) is 0 Å². The van der Waals surface area contributed by atoms with Gasteiger partial charge >= 0.3 is 0 Å². The van der Waals surface area contributed by atoms with E-state index in [2.05, 4.69) is 4.72 Å². The number of carbonyl (C=O) groups is 1. The largest absolute Gasteiger partial charge is 0.323 e. The molecule has 5 aromatic rings. The Hall–Kier alpha value is -3.65. The monoisotopic (exact) mass is 549 g/mol. The van der Waals surface area contributed by atoms with E-state index in [1.165, 1.54) is 12.1 Å². The molecule has 0 aliphatic carbocycles. The van der Waals surface area contributed by atoms with E-state index >= 15 is 0 Å². The molecule has 9 heteroatoms. The third-order valence-electron chi connectivity index (χ3n) is 5.92. The fraction of sp³-hybridized carbons (Fsp3) is 0.0714. The van der Waals surface area contributed by atoms with Crippen molar-refractivity contribution < 1.29 is 13.2 Å². The number of nitrogens with zero attached hydrogens (tertiary/aromatic N) is 2. The molecule has 0 bridgehead atoms. The van der Waals surface area contributed by atoms with Crippen LogP contribution in [0.4, 0.5) is 0 Å². The minimum atomic E-state index is -4.00. The Morgan fingerprint density at radius 3 is 2.27 bits per heavy atom. The number of nitrogens with one attached hydrogen (secondary N) is 1. The summed E-state index contributed by atoms with van der Waals surface area (Å²) in [7, 11) is -4.00. The van der Waals surface area contributed by atoms with Gasteiger partial charge in [-0.2, -0.15) is 0 Å². The summed E-state index contributed by atoms with van der Waals surface area (Å²) in [5.41, 5.74) is 3.50. The average Bonchev–Trinajstić information content (AvgIpc) is 3.22. The van der Waals surface area contributed by atoms with Crippen LogP contribution in [0.25, 0.3) is 11.0 Å². The van der Waals surface area contributed by atoms with E-state index in [0.29, 0.717) is 28.5 Å². The minimum Gasteiger partial charge on any atom is -0.323 e. The van der Waals surface area contributed by atoms with Gasteiger partial charge in [-0.05, 0) is 53.6 Å². The Balaban J connectivity index is 1.52. The van der Waals surface area contributed by atoms with Crippen LogP contribution in [-0.2, 0) is 23.0 Å². The highest BCUT2D eigenvalue weighted by Crippen LogP contribution is 2.26. The summed E-state index contributed by atoms with van der Waals surface area (Å²) in [5.74, 6) is 0.0485. The molecule has 0 saturated carbocycles. The zero-order chi connectivity index (χ0) is 26.0. The van der Waals surface area contributed by atoms with Crippen molar-refractivity contribution in [2.24, 2.45) is 0 Å². The quantitative estimate of drug-likeness (QED) is 0.266. The second-order valence-electron chi connectivity index (χ2n) is 8.46. The van der Waals surface area contributed by atoms with E-state index in [9.17, 15) is 13.2 Å². The first kappa shape index (κ1) is 25.0. The molecule has 4 aromatic carbocycles. The first-order valence-electron chi connectivity index (χ1n) is 11.4. The van der Waals surface area contributed by atoms with Crippen LogP contribution < -0.4 is 4.72 Å². The summed E-state index contributed by atoms with van der Waals surface area (Å²) in [6, 6.07) is 28.0. The van der Waals surface area contributed by atoms with Gasteiger partial charge in [0.2, 0.25) is 0 Å². The summed E-state index contributed by atoms with van der Waals surface area (Å²) in [6.07, 6.45) is 0.560. The fourth-order valence-electron chi connectivity index (χ4n) is 4.07. The molecule has 0 unspecified atom stereocenters. The van der Waals surface area contributed by atoms with E-state index in [0.717, 1.165) is 22.5 Å². The highest BCUT2D eigenvalue weighted by molar-refractivity contribution is 7.90. The fourth-order valence-corrected chi connectivity index (χ4v) is 5.53. The van der Waals surface area contributed by atoms with Crippen LogP contribution in [0.5, 0.6) is 0 Å². The lowest BCUT2D eigenvalue weighted by molar-refractivity contribution is 0.0981. The van der Waals surface area contributed by atoms with Gasteiger partial charge in [0, 0.05) is 22.0 Å². The van der Waals surface area contributed by atoms with Crippen LogP contribution in [0, 0.1) is 0 Å². The Morgan fingerprint density at radius 1 is 0.865 bits per heavy atom. The van der Waals surface area contributed by atoms with Crippen molar-refractivity contribution in [1.29, 1.82) is 0 Å². The maximum absolute atomic E-state index is 12.9. The molecule has 0 aliphatic heterocycles. The van der Waals surface area contributed by atoms with Crippen LogP contribution in [0.2, 0.25) is 10.0 Å². The molecule has 0 fully saturated rings. The highest BCUT2D eigenvalue weighted by atomic mass is 35.5. The van der Waals surface area contributed by atoms with E-state index in [4.69, 9.17) is 28.2 Å². The average molecular weight is 550 g/mol. The van der Waals surface area contributed by atoms with Crippen LogP contribution in [0.15, 0.2) is 102 Å². The third-order valence-corrected chi connectivity index (χ3v) is 7.85. The number of aromatic nitrogens is 2. The molecular formula is C28H21Cl2N3O3S. The van der Waals surface area contributed by atoms with Crippen molar-refractivity contribution >= 4 is 50.2 Å². The van der Waals surface area contributed by atoms with E-state index in [-0.39, 0.29) is 10.5 Å².